The molecule has 0 saturated carbocycles. The van der Waals surface area contributed by atoms with Gasteiger partial charge in [0.25, 0.3) is 5.91 Å². The monoisotopic (exact) mass is 492 g/mol. The van der Waals surface area contributed by atoms with Crippen molar-refractivity contribution < 1.29 is 37.3 Å². The Balaban J connectivity index is 1.49. The predicted octanol–water partition coefficient (Wildman–Crippen LogP) is 3.52. The number of piperidine rings is 1. The van der Waals surface area contributed by atoms with Gasteiger partial charge in [0.15, 0.2) is 11.5 Å². The van der Waals surface area contributed by atoms with Crippen molar-refractivity contribution in [3.8, 4) is 23.0 Å². The number of hydrogen-bond donors (Lipinski definition) is 1. The van der Waals surface area contributed by atoms with E-state index in [1.807, 2.05) is 0 Å². The number of hydrogen-bond acceptors (Lipinski definition) is 6. The van der Waals surface area contributed by atoms with E-state index >= 15 is 0 Å². The number of carbonyl (C=O) groups excluding carboxylic acids is 2. The van der Waals surface area contributed by atoms with Gasteiger partial charge in [-0.3, -0.25) is 9.59 Å². The minimum absolute atomic E-state index is 0.0444. The van der Waals surface area contributed by atoms with Crippen molar-refractivity contribution in [3.63, 3.8) is 0 Å². The third-order valence-electron chi connectivity index (χ3n) is 5.91. The maximum Gasteiger partial charge on any atom is 0.387 e. The van der Waals surface area contributed by atoms with Crippen LogP contribution in [0.2, 0.25) is 0 Å². The van der Waals surface area contributed by atoms with Crippen molar-refractivity contribution in [2.45, 2.75) is 25.9 Å². The molecule has 8 nitrogen and oxygen atoms in total. The maximum absolute atomic E-state index is 12.9. The standard InChI is InChI=1S/C25H30F2N2O6/c1-32-19-13-18(14-20(15-19)33-2)24(31)29-10-7-17(8-11-29)23(30)28-9-6-16-4-5-21(34-3)22(12-16)35-25(26)27/h4-5,12-15,17,25H,6-11H2,1-3H3,(H,28,30). The minimum atomic E-state index is -2.96. The lowest BCUT2D eigenvalue weighted by molar-refractivity contribution is -0.126. The SMILES string of the molecule is COc1cc(OC)cc(C(=O)N2CCC(C(=O)NCCc3ccc(OC)c(OC(F)F)c3)CC2)c1. The van der Waals surface area contributed by atoms with E-state index in [1.165, 1.54) is 27.4 Å². The number of methoxy groups -OCH3 is 3. The van der Waals surface area contributed by atoms with E-state index in [0.29, 0.717) is 56.0 Å². The number of amides is 2. The van der Waals surface area contributed by atoms with Crippen LogP contribution in [0, 0.1) is 5.92 Å². The summed E-state index contributed by atoms with van der Waals surface area (Å²) >= 11 is 0. The van der Waals surface area contributed by atoms with Crippen molar-refractivity contribution in [3.05, 3.63) is 47.5 Å². The van der Waals surface area contributed by atoms with Gasteiger partial charge < -0.3 is 29.2 Å². The molecule has 1 N–H and O–H groups in total. The summed E-state index contributed by atoms with van der Waals surface area (Å²) in [5.74, 6) is 0.815. The van der Waals surface area contributed by atoms with Gasteiger partial charge in [-0.25, -0.2) is 0 Å². The molecule has 0 aromatic heterocycles. The lowest BCUT2D eigenvalue weighted by Crippen LogP contribution is -2.43. The van der Waals surface area contributed by atoms with Crippen LogP contribution in [0.4, 0.5) is 8.78 Å². The number of benzene rings is 2. The topological polar surface area (TPSA) is 86.3 Å². The van der Waals surface area contributed by atoms with E-state index in [4.69, 9.17) is 14.2 Å². The number of likely N-dealkylation sites (tertiary alicyclic amines) is 1. The van der Waals surface area contributed by atoms with Crippen LogP contribution in [-0.4, -0.2) is 64.3 Å². The van der Waals surface area contributed by atoms with Crippen molar-refractivity contribution >= 4 is 11.8 Å². The number of nitrogens with one attached hydrogen (secondary N) is 1. The zero-order valence-corrected chi connectivity index (χ0v) is 20.0. The van der Waals surface area contributed by atoms with Gasteiger partial charge in [-0.05, 0) is 49.1 Å². The summed E-state index contributed by atoms with van der Waals surface area (Å²) in [6, 6.07) is 9.81. The zero-order chi connectivity index (χ0) is 25.4. The second-order valence-corrected chi connectivity index (χ2v) is 8.07. The molecule has 0 spiro atoms. The summed E-state index contributed by atoms with van der Waals surface area (Å²) in [4.78, 5) is 27.3. The molecule has 1 saturated heterocycles. The first-order chi connectivity index (χ1) is 16.8. The van der Waals surface area contributed by atoms with E-state index < -0.39 is 6.61 Å². The molecule has 0 bridgehead atoms. The summed E-state index contributed by atoms with van der Waals surface area (Å²) in [7, 11) is 4.43. The molecule has 0 radical (unpaired) electrons. The maximum atomic E-state index is 12.9. The highest BCUT2D eigenvalue weighted by atomic mass is 19.3. The molecule has 10 heteroatoms. The van der Waals surface area contributed by atoms with Crippen LogP contribution in [-0.2, 0) is 11.2 Å². The van der Waals surface area contributed by atoms with Gasteiger partial charge in [0, 0.05) is 37.2 Å². The van der Waals surface area contributed by atoms with E-state index in [1.54, 1.807) is 35.2 Å². The molecule has 0 atom stereocenters. The quantitative estimate of drug-likeness (QED) is 0.546. The highest BCUT2D eigenvalue weighted by Gasteiger charge is 2.28. The van der Waals surface area contributed by atoms with Gasteiger partial charge >= 0.3 is 6.61 Å². The molecule has 0 unspecified atom stereocenters. The Bertz CT molecular complexity index is 1000. The average Bonchev–Trinajstić information content (AvgIpc) is 2.87. The molecule has 2 amide bonds. The van der Waals surface area contributed by atoms with Gasteiger partial charge in [0.2, 0.25) is 5.91 Å². The number of rotatable bonds is 10. The van der Waals surface area contributed by atoms with Gasteiger partial charge in [-0.15, -0.1) is 0 Å². The molecule has 3 rings (SSSR count). The van der Waals surface area contributed by atoms with Crippen LogP contribution in [0.3, 0.4) is 0 Å². The smallest absolute Gasteiger partial charge is 0.387 e. The molecule has 2 aromatic carbocycles. The Labute approximate surface area is 203 Å². The van der Waals surface area contributed by atoms with Gasteiger partial charge in [-0.1, -0.05) is 6.07 Å². The Hall–Kier alpha value is -3.56. The summed E-state index contributed by atoms with van der Waals surface area (Å²) in [5, 5.41) is 2.90. The van der Waals surface area contributed by atoms with Crippen molar-refractivity contribution in [2.75, 3.05) is 41.0 Å². The van der Waals surface area contributed by atoms with E-state index in [-0.39, 0.29) is 29.2 Å². The summed E-state index contributed by atoms with van der Waals surface area (Å²) < 4.78 is 45.2. The molecule has 1 fully saturated rings. The Kier molecular flexibility index (Phi) is 9.11. The number of halogens is 2. The Morgan fingerprint density at radius 3 is 2.20 bits per heavy atom. The molecular formula is C25H30F2N2O6. The molecule has 0 aliphatic carbocycles. The lowest BCUT2D eigenvalue weighted by Gasteiger charge is -2.31. The largest absolute Gasteiger partial charge is 0.497 e. The fraction of sp³-hybridized carbons (Fsp3) is 0.440. The van der Waals surface area contributed by atoms with Gasteiger partial charge in [0.05, 0.1) is 21.3 Å². The van der Waals surface area contributed by atoms with Crippen molar-refractivity contribution in [1.82, 2.24) is 10.2 Å². The highest BCUT2D eigenvalue weighted by molar-refractivity contribution is 5.95. The number of carbonyl (C=O) groups is 2. The molecule has 1 aliphatic rings. The minimum Gasteiger partial charge on any atom is -0.497 e. The van der Waals surface area contributed by atoms with Crippen LogP contribution in [0.5, 0.6) is 23.0 Å². The number of alkyl halides is 2. The summed E-state index contributed by atoms with van der Waals surface area (Å²) in [6.07, 6.45) is 1.55. The van der Waals surface area contributed by atoms with Crippen LogP contribution in [0.1, 0.15) is 28.8 Å². The number of ether oxygens (including phenoxy) is 4. The third kappa shape index (κ3) is 6.97. The van der Waals surface area contributed by atoms with Crippen LogP contribution in [0.15, 0.2) is 36.4 Å². The van der Waals surface area contributed by atoms with Gasteiger partial charge in [0.1, 0.15) is 11.5 Å². The Morgan fingerprint density at radius 2 is 1.63 bits per heavy atom. The van der Waals surface area contributed by atoms with E-state index in [2.05, 4.69) is 10.1 Å². The first-order valence-electron chi connectivity index (χ1n) is 11.3. The van der Waals surface area contributed by atoms with Crippen LogP contribution >= 0.6 is 0 Å². The molecule has 1 aliphatic heterocycles. The Morgan fingerprint density at radius 1 is 0.971 bits per heavy atom. The molecule has 2 aromatic rings. The van der Waals surface area contributed by atoms with Crippen molar-refractivity contribution in [2.24, 2.45) is 5.92 Å². The number of nitrogens with zero attached hydrogens (tertiary/aromatic N) is 1. The van der Waals surface area contributed by atoms with E-state index in [9.17, 15) is 18.4 Å². The molecule has 1 heterocycles. The second kappa shape index (κ2) is 12.2. The molecule has 35 heavy (non-hydrogen) atoms. The molecular weight excluding hydrogens is 462 g/mol. The van der Waals surface area contributed by atoms with Crippen molar-refractivity contribution in [1.29, 1.82) is 0 Å². The summed E-state index contributed by atoms with van der Waals surface area (Å²) in [6.45, 7) is -1.68. The first kappa shape index (κ1) is 26.1. The first-order valence-corrected chi connectivity index (χ1v) is 11.3. The second-order valence-electron chi connectivity index (χ2n) is 8.07. The predicted molar refractivity (Wildman–Crippen MR) is 125 cm³/mol. The fourth-order valence-corrected chi connectivity index (χ4v) is 4.00. The van der Waals surface area contributed by atoms with E-state index in [0.717, 1.165) is 5.56 Å². The zero-order valence-electron chi connectivity index (χ0n) is 20.0. The van der Waals surface area contributed by atoms with Crippen LogP contribution < -0.4 is 24.3 Å². The highest BCUT2D eigenvalue weighted by Crippen LogP contribution is 2.30. The lowest BCUT2D eigenvalue weighted by atomic mass is 9.95. The van der Waals surface area contributed by atoms with Gasteiger partial charge in [-0.2, -0.15) is 8.78 Å². The average molecular weight is 493 g/mol. The van der Waals surface area contributed by atoms with Crippen LogP contribution in [0.25, 0.3) is 0 Å². The molecule has 190 valence electrons. The fourth-order valence-electron chi connectivity index (χ4n) is 4.00. The normalized spacial score (nSPS) is 13.9. The summed E-state index contributed by atoms with van der Waals surface area (Å²) in [5.41, 5.74) is 1.20. The third-order valence-corrected chi connectivity index (χ3v) is 5.91.